The zero-order valence-electron chi connectivity index (χ0n) is 20.3. The molecule has 0 unspecified atom stereocenters. The summed E-state index contributed by atoms with van der Waals surface area (Å²) in [5.41, 5.74) is 1.40. The molecule has 2 amide bonds. The van der Waals surface area contributed by atoms with Crippen molar-refractivity contribution < 1.29 is 28.5 Å². The molecule has 8 nitrogen and oxygen atoms in total. The van der Waals surface area contributed by atoms with Gasteiger partial charge in [0.05, 0.1) is 6.54 Å². The second kappa shape index (κ2) is 10.5. The third-order valence-electron chi connectivity index (χ3n) is 5.91. The van der Waals surface area contributed by atoms with Gasteiger partial charge in [-0.1, -0.05) is 26.0 Å². The lowest BCUT2D eigenvalue weighted by atomic mass is 10.1. The van der Waals surface area contributed by atoms with Gasteiger partial charge in [-0.15, -0.1) is 11.3 Å². The number of ether oxygens (including phenoxy) is 4. The molecule has 0 saturated carbocycles. The van der Waals surface area contributed by atoms with Gasteiger partial charge < -0.3 is 28.7 Å². The molecule has 3 heterocycles. The summed E-state index contributed by atoms with van der Waals surface area (Å²) in [4.78, 5) is 31.6. The van der Waals surface area contributed by atoms with E-state index >= 15 is 0 Å². The minimum absolute atomic E-state index is 0.0264. The van der Waals surface area contributed by atoms with Crippen molar-refractivity contribution >= 4 is 23.2 Å². The van der Waals surface area contributed by atoms with Gasteiger partial charge >= 0.3 is 0 Å². The number of fused-ring (bicyclic) bond motifs is 2. The van der Waals surface area contributed by atoms with E-state index in [1.165, 1.54) is 0 Å². The molecule has 0 N–H and O–H groups in total. The highest BCUT2D eigenvalue weighted by Gasteiger charge is 2.26. The molecule has 0 aliphatic carbocycles. The first-order valence-corrected chi connectivity index (χ1v) is 12.7. The van der Waals surface area contributed by atoms with E-state index in [1.54, 1.807) is 39.3 Å². The number of amides is 2. The van der Waals surface area contributed by atoms with E-state index in [2.05, 4.69) is 0 Å². The number of hydrogen-bond donors (Lipinski definition) is 0. The third kappa shape index (κ3) is 5.41. The van der Waals surface area contributed by atoms with Crippen molar-refractivity contribution in [3.63, 3.8) is 0 Å². The Kier molecular flexibility index (Phi) is 6.99. The zero-order chi connectivity index (χ0) is 25.1. The number of thiophene rings is 1. The summed E-state index contributed by atoms with van der Waals surface area (Å²) in [7, 11) is 0. The van der Waals surface area contributed by atoms with Crippen molar-refractivity contribution in [1.29, 1.82) is 0 Å². The van der Waals surface area contributed by atoms with E-state index in [4.69, 9.17) is 18.9 Å². The molecule has 2 aliphatic heterocycles. The fourth-order valence-electron chi connectivity index (χ4n) is 4.22. The van der Waals surface area contributed by atoms with Crippen LogP contribution >= 0.6 is 11.3 Å². The summed E-state index contributed by atoms with van der Waals surface area (Å²) in [6, 6.07) is 14.8. The highest BCUT2D eigenvalue weighted by atomic mass is 32.1. The van der Waals surface area contributed by atoms with Crippen LogP contribution in [0, 0.1) is 5.92 Å². The largest absolute Gasteiger partial charge is 0.454 e. The molecule has 188 valence electrons. The standard InChI is InChI=1S/C27H28N2O6S/c1-18(2)12-29(27(31)20-6-8-23-25(11-20)35-17-33-23)15-26(30)28(14-21-4-3-9-36-21)13-19-5-7-22-24(10-19)34-16-32-22/h3-11,18H,12-17H2,1-2H3. The molecule has 0 radical (unpaired) electrons. The first-order chi connectivity index (χ1) is 17.5. The van der Waals surface area contributed by atoms with Crippen LogP contribution in [0.25, 0.3) is 0 Å². The molecule has 0 spiro atoms. The second-order valence-corrected chi connectivity index (χ2v) is 10.2. The third-order valence-corrected chi connectivity index (χ3v) is 6.77. The Balaban J connectivity index is 1.36. The van der Waals surface area contributed by atoms with Gasteiger partial charge in [0.15, 0.2) is 23.0 Å². The van der Waals surface area contributed by atoms with Crippen molar-refractivity contribution in [2.24, 2.45) is 5.92 Å². The number of nitrogens with zero attached hydrogens (tertiary/aromatic N) is 2. The average Bonchev–Trinajstić information content (AvgIpc) is 3.63. The van der Waals surface area contributed by atoms with Crippen LogP contribution in [0.15, 0.2) is 53.9 Å². The maximum absolute atomic E-state index is 13.7. The lowest BCUT2D eigenvalue weighted by molar-refractivity contribution is -0.133. The van der Waals surface area contributed by atoms with E-state index in [0.717, 1.165) is 10.4 Å². The van der Waals surface area contributed by atoms with Gasteiger partial charge in [0.2, 0.25) is 19.5 Å². The lowest BCUT2D eigenvalue weighted by Gasteiger charge is -2.29. The van der Waals surface area contributed by atoms with Gasteiger partial charge in [0, 0.05) is 23.5 Å². The van der Waals surface area contributed by atoms with Crippen LogP contribution in [0.2, 0.25) is 0 Å². The van der Waals surface area contributed by atoms with Gasteiger partial charge in [0.1, 0.15) is 6.54 Å². The van der Waals surface area contributed by atoms with E-state index in [1.807, 2.05) is 49.6 Å². The maximum Gasteiger partial charge on any atom is 0.254 e. The minimum atomic E-state index is -0.213. The van der Waals surface area contributed by atoms with Crippen molar-refractivity contribution in [2.45, 2.75) is 26.9 Å². The van der Waals surface area contributed by atoms with Crippen LogP contribution in [-0.4, -0.2) is 48.3 Å². The molecule has 0 fully saturated rings. The second-order valence-electron chi connectivity index (χ2n) is 9.16. The Morgan fingerprint density at radius 3 is 2.25 bits per heavy atom. The Hall–Kier alpha value is -3.72. The van der Waals surface area contributed by atoms with E-state index < -0.39 is 0 Å². The van der Waals surface area contributed by atoms with Crippen molar-refractivity contribution in [3.8, 4) is 23.0 Å². The molecule has 36 heavy (non-hydrogen) atoms. The minimum Gasteiger partial charge on any atom is -0.454 e. The van der Waals surface area contributed by atoms with E-state index in [-0.39, 0.29) is 37.9 Å². The van der Waals surface area contributed by atoms with E-state index in [0.29, 0.717) is 48.2 Å². The predicted molar refractivity (Wildman–Crippen MR) is 134 cm³/mol. The molecule has 2 aromatic carbocycles. The van der Waals surface area contributed by atoms with Crippen LogP contribution < -0.4 is 18.9 Å². The fraction of sp³-hybridized carbons (Fsp3) is 0.333. The van der Waals surface area contributed by atoms with Crippen molar-refractivity contribution in [2.75, 3.05) is 26.7 Å². The Morgan fingerprint density at radius 1 is 0.861 bits per heavy atom. The summed E-state index contributed by atoms with van der Waals surface area (Å²) >= 11 is 1.60. The summed E-state index contributed by atoms with van der Waals surface area (Å²) < 4.78 is 21.7. The Bertz CT molecular complexity index is 1240. The molecule has 2 aliphatic rings. The van der Waals surface area contributed by atoms with Crippen LogP contribution in [0.1, 0.15) is 34.6 Å². The molecular weight excluding hydrogens is 480 g/mol. The summed E-state index contributed by atoms with van der Waals surface area (Å²) in [5, 5.41) is 1.99. The number of rotatable bonds is 9. The summed E-state index contributed by atoms with van der Waals surface area (Å²) in [6.45, 7) is 5.67. The average molecular weight is 509 g/mol. The first-order valence-electron chi connectivity index (χ1n) is 11.8. The topological polar surface area (TPSA) is 77.5 Å². The van der Waals surface area contributed by atoms with E-state index in [9.17, 15) is 9.59 Å². The van der Waals surface area contributed by atoms with Gasteiger partial charge in [-0.2, -0.15) is 0 Å². The first kappa shape index (κ1) is 24.0. The molecule has 0 saturated heterocycles. The Labute approximate surface area is 213 Å². The molecule has 0 atom stereocenters. The van der Waals surface area contributed by atoms with Crippen molar-refractivity contribution in [1.82, 2.24) is 9.80 Å². The molecule has 9 heteroatoms. The van der Waals surface area contributed by atoms with Gasteiger partial charge in [-0.3, -0.25) is 9.59 Å². The monoisotopic (exact) mass is 508 g/mol. The quantitative estimate of drug-likeness (QED) is 0.423. The highest BCUT2D eigenvalue weighted by Crippen LogP contribution is 2.34. The van der Waals surface area contributed by atoms with Crippen LogP contribution in [-0.2, 0) is 17.9 Å². The predicted octanol–water partition coefficient (Wildman–Crippen LogP) is 4.53. The number of carbonyl (C=O) groups excluding carboxylic acids is 2. The maximum atomic E-state index is 13.7. The molecule has 3 aromatic rings. The molecular formula is C27H28N2O6S. The van der Waals surface area contributed by atoms with Crippen LogP contribution in [0.3, 0.4) is 0 Å². The van der Waals surface area contributed by atoms with Gasteiger partial charge in [0.25, 0.3) is 5.91 Å². The Morgan fingerprint density at radius 2 is 1.56 bits per heavy atom. The highest BCUT2D eigenvalue weighted by molar-refractivity contribution is 7.09. The normalized spacial score (nSPS) is 13.2. The number of hydrogen-bond acceptors (Lipinski definition) is 7. The van der Waals surface area contributed by atoms with Crippen LogP contribution in [0.5, 0.6) is 23.0 Å². The number of carbonyl (C=O) groups is 2. The summed E-state index contributed by atoms with van der Waals surface area (Å²) in [6.07, 6.45) is 0. The zero-order valence-corrected chi connectivity index (χ0v) is 21.1. The molecule has 5 rings (SSSR count). The SMILES string of the molecule is CC(C)CN(CC(=O)N(Cc1ccc2c(c1)OCO2)Cc1cccs1)C(=O)c1ccc2c(c1)OCO2. The van der Waals surface area contributed by atoms with Gasteiger partial charge in [-0.25, -0.2) is 0 Å². The van der Waals surface area contributed by atoms with Crippen molar-refractivity contribution in [3.05, 3.63) is 69.9 Å². The number of benzene rings is 2. The molecule has 1 aromatic heterocycles. The molecule has 0 bridgehead atoms. The smallest absolute Gasteiger partial charge is 0.254 e. The lowest BCUT2D eigenvalue weighted by Crippen LogP contribution is -2.43. The fourth-order valence-corrected chi connectivity index (χ4v) is 4.94. The summed E-state index contributed by atoms with van der Waals surface area (Å²) in [5.74, 6) is 2.38. The van der Waals surface area contributed by atoms with Gasteiger partial charge in [-0.05, 0) is 53.3 Å². The van der Waals surface area contributed by atoms with Crippen LogP contribution in [0.4, 0.5) is 0 Å².